The van der Waals surface area contributed by atoms with Gasteiger partial charge in [-0.15, -0.1) is 0 Å². The number of pyridine rings is 1. The number of anilines is 1. The van der Waals surface area contributed by atoms with E-state index >= 15 is 0 Å². The third-order valence-electron chi connectivity index (χ3n) is 2.81. The molecular weight excluding hydrogens is 279 g/mol. The second kappa shape index (κ2) is 4.94. The van der Waals surface area contributed by atoms with Gasteiger partial charge in [0, 0.05) is 23.6 Å². The Kier molecular flexibility index (Phi) is 3.12. The monoisotopic (exact) mass is 288 g/mol. The van der Waals surface area contributed by atoms with Crippen molar-refractivity contribution >= 4 is 17.3 Å². The van der Waals surface area contributed by atoms with Crippen LogP contribution in [0.1, 0.15) is 0 Å². The zero-order valence-electron chi connectivity index (χ0n) is 10.3. The molecule has 0 saturated carbocycles. The molecule has 2 heterocycles. The summed E-state index contributed by atoms with van der Waals surface area (Å²) in [5.41, 5.74) is 8.13. The normalized spacial score (nSPS) is 10.7. The van der Waals surface area contributed by atoms with Gasteiger partial charge in [-0.3, -0.25) is 0 Å². The Morgan fingerprint density at radius 3 is 2.75 bits per heavy atom. The summed E-state index contributed by atoms with van der Waals surface area (Å²) >= 11 is 5.68. The van der Waals surface area contributed by atoms with Crippen molar-refractivity contribution < 1.29 is 4.39 Å². The summed E-state index contributed by atoms with van der Waals surface area (Å²) < 4.78 is 15.1. The maximum atomic E-state index is 13.8. The van der Waals surface area contributed by atoms with E-state index in [1.807, 2.05) is 18.2 Å². The van der Waals surface area contributed by atoms with Crippen molar-refractivity contribution in [3.8, 4) is 16.9 Å². The zero-order valence-corrected chi connectivity index (χ0v) is 11.0. The first kappa shape index (κ1) is 12.6. The number of rotatable bonds is 2. The van der Waals surface area contributed by atoms with Gasteiger partial charge in [-0.2, -0.15) is 5.10 Å². The molecule has 20 heavy (non-hydrogen) atoms. The van der Waals surface area contributed by atoms with Crippen molar-refractivity contribution in [2.24, 2.45) is 0 Å². The molecular formula is C14H10ClFN4. The molecule has 0 radical (unpaired) electrons. The van der Waals surface area contributed by atoms with Crippen LogP contribution in [-0.4, -0.2) is 14.8 Å². The van der Waals surface area contributed by atoms with E-state index in [9.17, 15) is 4.39 Å². The average molecular weight is 289 g/mol. The van der Waals surface area contributed by atoms with Crippen LogP contribution < -0.4 is 5.73 Å². The van der Waals surface area contributed by atoms with Gasteiger partial charge in [0.05, 0.1) is 11.2 Å². The molecule has 0 aliphatic carbocycles. The van der Waals surface area contributed by atoms with Crippen molar-refractivity contribution in [1.29, 1.82) is 0 Å². The van der Waals surface area contributed by atoms with Crippen LogP contribution in [0.15, 0.2) is 48.9 Å². The molecule has 0 spiro atoms. The van der Waals surface area contributed by atoms with Crippen LogP contribution >= 0.6 is 11.6 Å². The average Bonchev–Trinajstić information content (AvgIpc) is 2.88. The van der Waals surface area contributed by atoms with Crippen molar-refractivity contribution in [1.82, 2.24) is 14.8 Å². The lowest BCUT2D eigenvalue weighted by atomic mass is 10.1. The molecule has 0 aliphatic heterocycles. The van der Waals surface area contributed by atoms with Gasteiger partial charge in [0.25, 0.3) is 0 Å². The Morgan fingerprint density at radius 1 is 1.15 bits per heavy atom. The topological polar surface area (TPSA) is 56.7 Å². The third kappa shape index (κ3) is 2.35. The number of nitrogen functional groups attached to an aromatic ring is 1. The maximum absolute atomic E-state index is 13.8. The van der Waals surface area contributed by atoms with Crippen molar-refractivity contribution in [3.63, 3.8) is 0 Å². The van der Waals surface area contributed by atoms with Crippen LogP contribution in [0.4, 0.5) is 10.1 Å². The van der Waals surface area contributed by atoms with Crippen LogP contribution in [-0.2, 0) is 0 Å². The standard InChI is InChI=1S/C14H10ClFN4/c15-11-5-13(16)14(18-7-11)20-8-10(6-19-20)9-2-1-3-12(17)4-9/h1-8H,17H2. The van der Waals surface area contributed by atoms with E-state index < -0.39 is 5.82 Å². The molecule has 0 saturated heterocycles. The van der Waals surface area contributed by atoms with Gasteiger partial charge >= 0.3 is 0 Å². The zero-order chi connectivity index (χ0) is 14.1. The molecule has 0 aliphatic rings. The lowest BCUT2D eigenvalue weighted by Gasteiger charge is -2.02. The number of hydrogen-bond acceptors (Lipinski definition) is 3. The summed E-state index contributed by atoms with van der Waals surface area (Å²) in [4.78, 5) is 3.94. The van der Waals surface area contributed by atoms with Crippen molar-refractivity contribution in [3.05, 3.63) is 59.8 Å². The summed E-state index contributed by atoms with van der Waals surface area (Å²) in [6, 6.07) is 8.58. The van der Waals surface area contributed by atoms with Gasteiger partial charge < -0.3 is 5.73 Å². The van der Waals surface area contributed by atoms with Gasteiger partial charge in [0.1, 0.15) is 0 Å². The van der Waals surface area contributed by atoms with E-state index in [2.05, 4.69) is 10.1 Å². The van der Waals surface area contributed by atoms with E-state index in [-0.39, 0.29) is 10.8 Å². The molecule has 0 bridgehead atoms. The lowest BCUT2D eigenvalue weighted by molar-refractivity contribution is 0.601. The summed E-state index contributed by atoms with van der Waals surface area (Å²) in [6.45, 7) is 0. The fourth-order valence-electron chi connectivity index (χ4n) is 1.88. The van der Waals surface area contributed by atoms with Crippen LogP contribution in [0.2, 0.25) is 5.02 Å². The van der Waals surface area contributed by atoms with E-state index in [4.69, 9.17) is 17.3 Å². The molecule has 3 aromatic rings. The molecule has 2 N–H and O–H groups in total. The highest BCUT2D eigenvalue weighted by Crippen LogP contribution is 2.22. The predicted molar refractivity (Wildman–Crippen MR) is 76.2 cm³/mol. The SMILES string of the molecule is Nc1cccc(-c2cnn(-c3ncc(Cl)cc3F)c2)c1. The number of aromatic nitrogens is 3. The molecule has 2 aromatic heterocycles. The second-order valence-electron chi connectivity index (χ2n) is 4.26. The van der Waals surface area contributed by atoms with E-state index in [0.29, 0.717) is 5.69 Å². The number of halogens is 2. The summed E-state index contributed by atoms with van der Waals surface area (Å²) in [5, 5.41) is 4.36. The second-order valence-corrected chi connectivity index (χ2v) is 4.69. The van der Waals surface area contributed by atoms with E-state index in [1.165, 1.54) is 16.9 Å². The lowest BCUT2D eigenvalue weighted by Crippen LogP contribution is -2.01. The Labute approximate surface area is 119 Å². The van der Waals surface area contributed by atoms with Gasteiger partial charge in [-0.25, -0.2) is 14.1 Å². The third-order valence-corrected chi connectivity index (χ3v) is 3.01. The van der Waals surface area contributed by atoms with Gasteiger partial charge in [0.2, 0.25) is 0 Å². The first-order valence-corrected chi connectivity index (χ1v) is 6.23. The molecule has 1 aromatic carbocycles. The molecule has 0 atom stereocenters. The van der Waals surface area contributed by atoms with Crippen LogP contribution in [0.5, 0.6) is 0 Å². The Morgan fingerprint density at radius 2 is 2.00 bits per heavy atom. The van der Waals surface area contributed by atoms with Crippen molar-refractivity contribution in [2.45, 2.75) is 0 Å². The minimum Gasteiger partial charge on any atom is -0.399 e. The number of hydrogen-bond donors (Lipinski definition) is 1. The molecule has 0 amide bonds. The van der Waals surface area contributed by atoms with Crippen LogP contribution in [0.25, 0.3) is 16.9 Å². The predicted octanol–water partition coefficient (Wildman–Crippen LogP) is 3.31. The minimum atomic E-state index is -0.528. The fourth-order valence-corrected chi connectivity index (χ4v) is 2.03. The largest absolute Gasteiger partial charge is 0.399 e. The number of nitrogens with zero attached hydrogens (tertiary/aromatic N) is 3. The molecule has 3 rings (SSSR count). The van der Waals surface area contributed by atoms with E-state index in [1.54, 1.807) is 18.5 Å². The number of benzene rings is 1. The minimum absolute atomic E-state index is 0.101. The van der Waals surface area contributed by atoms with Gasteiger partial charge in [-0.05, 0) is 23.8 Å². The van der Waals surface area contributed by atoms with E-state index in [0.717, 1.165) is 11.1 Å². The highest BCUT2D eigenvalue weighted by atomic mass is 35.5. The van der Waals surface area contributed by atoms with Crippen LogP contribution in [0.3, 0.4) is 0 Å². The quantitative estimate of drug-likeness (QED) is 0.736. The Hall–Kier alpha value is -2.40. The fraction of sp³-hybridized carbons (Fsp3) is 0. The first-order chi connectivity index (χ1) is 9.63. The Balaban J connectivity index is 2.02. The maximum Gasteiger partial charge on any atom is 0.189 e. The molecule has 4 nitrogen and oxygen atoms in total. The summed E-state index contributed by atoms with van der Waals surface area (Å²) in [5.74, 6) is -0.427. The smallest absolute Gasteiger partial charge is 0.189 e. The van der Waals surface area contributed by atoms with Gasteiger partial charge in [0.15, 0.2) is 11.6 Å². The molecule has 100 valence electrons. The molecule has 0 unspecified atom stereocenters. The number of nitrogens with two attached hydrogens (primary N) is 1. The molecule has 0 fully saturated rings. The van der Waals surface area contributed by atoms with Crippen molar-refractivity contribution in [2.75, 3.05) is 5.73 Å². The first-order valence-electron chi connectivity index (χ1n) is 5.85. The molecule has 6 heteroatoms. The summed E-state index contributed by atoms with van der Waals surface area (Å²) in [7, 11) is 0. The highest BCUT2D eigenvalue weighted by Gasteiger charge is 2.09. The Bertz CT molecular complexity index is 769. The van der Waals surface area contributed by atoms with Crippen LogP contribution in [0, 0.1) is 5.82 Å². The van der Waals surface area contributed by atoms with Gasteiger partial charge in [-0.1, -0.05) is 23.7 Å². The highest BCUT2D eigenvalue weighted by molar-refractivity contribution is 6.30. The summed E-state index contributed by atoms with van der Waals surface area (Å²) in [6.07, 6.45) is 4.69.